The number of nitrogens with one attached hydrogen (secondary N) is 2. The molecular weight excluding hydrogens is 264 g/mol. The third-order valence-electron chi connectivity index (χ3n) is 2.53. The maximum Gasteiger partial charge on any atom is 0.321 e. The van der Waals surface area contributed by atoms with Crippen LogP contribution in [0.3, 0.4) is 0 Å². The first-order valence-corrected chi connectivity index (χ1v) is 6.12. The first-order valence-electron chi connectivity index (χ1n) is 6.12. The van der Waals surface area contributed by atoms with Crippen LogP contribution in [0.5, 0.6) is 5.75 Å². The zero-order valence-electron chi connectivity index (χ0n) is 11.0. The molecule has 0 spiro atoms. The topological polar surface area (TPSA) is 119 Å². The Bertz CT molecular complexity index is 476. The Hall–Kier alpha value is -2.12. The molecule has 110 valence electrons. The molecule has 0 heterocycles. The number of rotatable bonds is 7. The first kappa shape index (κ1) is 15.9. The fraction of sp³-hybridized carbons (Fsp3) is 0.385. The van der Waals surface area contributed by atoms with E-state index in [1.54, 1.807) is 12.1 Å². The number of para-hydroxylation sites is 2. The number of aliphatic hydroxyl groups is 1. The van der Waals surface area contributed by atoms with Crippen LogP contribution in [-0.4, -0.2) is 45.9 Å². The van der Waals surface area contributed by atoms with Gasteiger partial charge in [-0.3, -0.25) is 9.59 Å². The second-order valence-electron chi connectivity index (χ2n) is 4.42. The minimum Gasteiger partial charge on any atom is -0.506 e. The Kier molecular flexibility index (Phi) is 5.95. The Balaban J connectivity index is 2.58. The normalized spacial score (nSPS) is 13.5. The molecule has 5 N–H and O–H groups in total. The van der Waals surface area contributed by atoms with E-state index in [2.05, 4.69) is 10.6 Å². The standard InChI is InChI=1S/C13H18N2O5/c1-8(16)7-14-10(13(19)20)6-12(18)15-9-4-2-3-5-11(9)17/h2-5,8,10,14,16-17H,6-7H2,1H3,(H,15,18)(H,19,20). The van der Waals surface area contributed by atoms with E-state index in [1.165, 1.54) is 19.1 Å². The maximum absolute atomic E-state index is 11.7. The number of benzene rings is 1. The van der Waals surface area contributed by atoms with Crippen LogP contribution in [0.2, 0.25) is 0 Å². The van der Waals surface area contributed by atoms with E-state index in [9.17, 15) is 14.7 Å². The van der Waals surface area contributed by atoms with Crippen molar-refractivity contribution < 1.29 is 24.9 Å². The first-order chi connectivity index (χ1) is 9.40. The van der Waals surface area contributed by atoms with Crippen molar-refractivity contribution in [3.8, 4) is 5.75 Å². The third kappa shape index (κ3) is 5.25. The highest BCUT2D eigenvalue weighted by molar-refractivity contribution is 5.95. The van der Waals surface area contributed by atoms with Gasteiger partial charge in [-0.15, -0.1) is 0 Å². The number of carboxylic acids is 1. The number of hydrogen-bond acceptors (Lipinski definition) is 5. The van der Waals surface area contributed by atoms with Gasteiger partial charge in [0.15, 0.2) is 0 Å². The second kappa shape index (κ2) is 7.46. The van der Waals surface area contributed by atoms with Gasteiger partial charge in [0.25, 0.3) is 0 Å². The fourth-order valence-corrected chi connectivity index (χ4v) is 1.53. The molecule has 7 heteroatoms. The molecule has 0 bridgehead atoms. The SMILES string of the molecule is CC(O)CNC(CC(=O)Nc1ccccc1O)C(=O)O. The van der Waals surface area contributed by atoms with E-state index >= 15 is 0 Å². The average molecular weight is 282 g/mol. The predicted molar refractivity (Wildman–Crippen MR) is 72.5 cm³/mol. The Morgan fingerprint density at radius 3 is 2.50 bits per heavy atom. The number of phenols is 1. The fourth-order valence-electron chi connectivity index (χ4n) is 1.53. The molecular formula is C13H18N2O5. The van der Waals surface area contributed by atoms with Crippen LogP contribution >= 0.6 is 0 Å². The molecule has 0 saturated heterocycles. The molecule has 1 amide bonds. The largest absolute Gasteiger partial charge is 0.506 e. The van der Waals surface area contributed by atoms with E-state index in [-0.39, 0.29) is 24.4 Å². The number of carbonyl (C=O) groups is 2. The van der Waals surface area contributed by atoms with Crippen LogP contribution in [0, 0.1) is 0 Å². The van der Waals surface area contributed by atoms with Crippen LogP contribution < -0.4 is 10.6 Å². The molecule has 1 aromatic rings. The highest BCUT2D eigenvalue weighted by Crippen LogP contribution is 2.21. The van der Waals surface area contributed by atoms with Crippen LogP contribution in [0.25, 0.3) is 0 Å². The monoisotopic (exact) mass is 282 g/mol. The van der Waals surface area contributed by atoms with Gasteiger partial charge in [0.05, 0.1) is 18.2 Å². The summed E-state index contributed by atoms with van der Waals surface area (Å²) in [7, 11) is 0. The zero-order valence-corrected chi connectivity index (χ0v) is 11.0. The molecule has 0 saturated carbocycles. The molecule has 0 aliphatic rings. The quantitative estimate of drug-likeness (QED) is 0.454. The van der Waals surface area contributed by atoms with Gasteiger partial charge in [-0.1, -0.05) is 12.1 Å². The highest BCUT2D eigenvalue weighted by atomic mass is 16.4. The van der Waals surface area contributed by atoms with Crippen LogP contribution in [0.1, 0.15) is 13.3 Å². The number of carbonyl (C=O) groups excluding carboxylic acids is 1. The predicted octanol–water partition coefficient (Wildman–Crippen LogP) is 0.144. The lowest BCUT2D eigenvalue weighted by Gasteiger charge is -2.15. The summed E-state index contributed by atoms with van der Waals surface area (Å²) in [5.74, 6) is -1.82. The van der Waals surface area contributed by atoms with Gasteiger partial charge in [-0.25, -0.2) is 0 Å². The Labute approximate surface area is 116 Å². The van der Waals surface area contributed by atoms with Gasteiger partial charge in [0.1, 0.15) is 11.8 Å². The number of aliphatic carboxylic acids is 1. The molecule has 2 atom stereocenters. The van der Waals surface area contributed by atoms with E-state index in [1.807, 2.05) is 0 Å². The van der Waals surface area contributed by atoms with Crippen LogP contribution in [0.15, 0.2) is 24.3 Å². The number of aromatic hydroxyl groups is 1. The lowest BCUT2D eigenvalue weighted by molar-refractivity contribution is -0.141. The van der Waals surface area contributed by atoms with Crippen molar-refractivity contribution in [1.29, 1.82) is 0 Å². The van der Waals surface area contributed by atoms with Gasteiger partial charge in [0, 0.05) is 6.54 Å². The number of amides is 1. The molecule has 0 aliphatic heterocycles. The molecule has 0 aliphatic carbocycles. The summed E-state index contributed by atoms with van der Waals surface area (Å²) in [6.45, 7) is 1.58. The maximum atomic E-state index is 11.7. The second-order valence-corrected chi connectivity index (χ2v) is 4.42. The molecule has 0 radical (unpaired) electrons. The van der Waals surface area contributed by atoms with E-state index in [0.717, 1.165) is 0 Å². The number of aliphatic hydroxyl groups excluding tert-OH is 1. The smallest absolute Gasteiger partial charge is 0.321 e. The third-order valence-corrected chi connectivity index (χ3v) is 2.53. The molecule has 7 nitrogen and oxygen atoms in total. The zero-order chi connectivity index (χ0) is 15.1. The lowest BCUT2D eigenvalue weighted by Crippen LogP contribution is -2.42. The summed E-state index contributed by atoms with van der Waals surface area (Å²) in [5.41, 5.74) is 0.220. The van der Waals surface area contributed by atoms with Crippen molar-refractivity contribution in [1.82, 2.24) is 5.32 Å². The molecule has 0 aromatic heterocycles. The highest BCUT2D eigenvalue weighted by Gasteiger charge is 2.21. The molecule has 2 unspecified atom stereocenters. The summed E-state index contributed by atoms with van der Waals surface area (Å²) in [4.78, 5) is 22.7. The summed E-state index contributed by atoms with van der Waals surface area (Å²) >= 11 is 0. The minimum absolute atomic E-state index is 0.0703. The molecule has 20 heavy (non-hydrogen) atoms. The van der Waals surface area contributed by atoms with Crippen molar-refractivity contribution in [3.63, 3.8) is 0 Å². The van der Waals surface area contributed by atoms with Gasteiger partial charge < -0.3 is 26.0 Å². The van der Waals surface area contributed by atoms with Gasteiger partial charge >= 0.3 is 5.97 Å². The van der Waals surface area contributed by atoms with Crippen LogP contribution in [-0.2, 0) is 9.59 Å². The van der Waals surface area contributed by atoms with Crippen molar-refractivity contribution in [2.45, 2.75) is 25.5 Å². The Morgan fingerprint density at radius 2 is 1.95 bits per heavy atom. The van der Waals surface area contributed by atoms with Crippen molar-refractivity contribution in [2.24, 2.45) is 0 Å². The van der Waals surface area contributed by atoms with Gasteiger partial charge in [-0.2, -0.15) is 0 Å². The number of hydrogen-bond donors (Lipinski definition) is 5. The number of carboxylic acid groups (broad SMARTS) is 1. The summed E-state index contributed by atoms with van der Waals surface area (Å²) in [5, 5.41) is 32.6. The summed E-state index contributed by atoms with van der Waals surface area (Å²) in [6.07, 6.45) is -1.02. The van der Waals surface area contributed by atoms with E-state index in [0.29, 0.717) is 0 Å². The minimum atomic E-state index is -1.18. The summed E-state index contributed by atoms with van der Waals surface area (Å²) < 4.78 is 0. The summed E-state index contributed by atoms with van der Waals surface area (Å²) in [6, 6.07) is 5.06. The molecule has 1 aromatic carbocycles. The van der Waals surface area contributed by atoms with Crippen LogP contribution in [0.4, 0.5) is 5.69 Å². The number of anilines is 1. The molecule has 1 rings (SSSR count). The van der Waals surface area contributed by atoms with Crippen molar-refractivity contribution in [3.05, 3.63) is 24.3 Å². The average Bonchev–Trinajstić information content (AvgIpc) is 2.36. The van der Waals surface area contributed by atoms with Crippen molar-refractivity contribution in [2.75, 3.05) is 11.9 Å². The van der Waals surface area contributed by atoms with Crippen molar-refractivity contribution >= 4 is 17.6 Å². The van der Waals surface area contributed by atoms with E-state index in [4.69, 9.17) is 10.2 Å². The van der Waals surface area contributed by atoms with E-state index < -0.39 is 24.0 Å². The molecule has 0 fully saturated rings. The van der Waals surface area contributed by atoms with Gasteiger partial charge in [0.2, 0.25) is 5.91 Å². The Morgan fingerprint density at radius 1 is 1.30 bits per heavy atom. The van der Waals surface area contributed by atoms with Gasteiger partial charge in [-0.05, 0) is 19.1 Å². The lowest BCUT2D eigenvalue weighted by atomic mass is 10.2. The number of phenolic OH excluding ortho intramolecular Hbond substituents is 1.